The standard InChI is InChI=1S/C13H18O5S.C6H5N3O4/c1-5-16-12-13(2,3)10-8-9(18-19(4,14)15)6-7-11(10)17-12;10-8(11)7(9(12)13)6-4-2-1-3-5-6/h6-8,12H,5H2,1-4H3;1-5H. The Morgan fingerprint density at radius 2 is 1.69 bits per heavy atom. The number of hydrogen-bond acceptors (Lipinski definition) is 9. The van der Waals surface area contributed by atoms with Gasteiger partial charge in [-0.1, -0.05) is 18.2 Å². The van der Waals surface area contributed by atoms with Gasteiger partial charge in [0.15, 0.2) is 10.8 Å². The van der Waals surface area contributed by atoms with E-state index in [1.165, 1.54) is 24.3 Å². The average molecular weight is 469 g/mol. The summed E-state index contributed by atoms with van der Waals surface area (Å²) in [6.07, 6.45) is 0.645. The van der Waals surface area contributed by atoms with Crippen molar-refractivity contribution in [1.29, 1.82) is 0 Å². The van der Waals surface area contributed by atoms with Gasteiger partial charge >= 0.3 is 10.1 Å². The van der Waals surface area contributed by atoms with Crippen LogP contribution in [0, 0.1) is 20.2 Å². The van der Waals surface area contributed by atoms with Gasteiger partial charge in [0.2, 0.25) is 16.4 Å². The minimum atomic E-state index is -3.53. The van der Waals surface area contributed by atoms with Crippen LogP contribution in [0.25, 0.3) is 0 Å². The maximum atomic E-state index is 11.2. The number of rotatable bonds is 7. The van der Waals surface area contributed by atoms with E-state index in [4.69, 9.17) is 13.7 Å². The number of anilines is 1. The van der Waals surface area contributed by atoms with Crippen molar-refractivity contribution in [2.24, 2.45) is 0 Å². The van der Waals surface area contributed by atoms with E-state index in [2.05, 4.69) is 0 Å². The molecular formula is C19H23N3O9S. The second-order valence-corrected chi connectivity index (χ2v) is 8.75. The zero-order valence-corrected chi connectivity index (χ0v) is 18.6. The lowest BCUT2D eigenvalue weighted by Gasteiger charge is -2.25. The Morgan fingerprint density at radius 3 is 2.19 bits per heavy atom. The smallest absolute Gasteiger partial charge is 0.306 e. The summed E-state index contributed by atoms with van der Waals surface area (Å²) in [7, 11) is -3.53. The van der Waals surface area contributed by atoms with Gasteiger partial charge in [-0.15, -0.1) is 0 Å². The fourth-order valence-corrected chi connectivity index (χ4v) is 3.39. The molecule has 0 bridgehead atoms. The molecule has 0 saturated carbocycles. The predicted octanol–water partition coefficient (Wildman–Crippen LogP) is 2.93. The van der Waals surface area contributed by atoms with Gasteiger partial charge in [0.25, 0.3) is 0 Å². The van der Waals surface area contributed by atoms with Crippen LogP contribution in [0.15, 0.2) is 48.5 Å². The first-order valence-electron chi connectivity index (χ1n) is 9.32. The third-order valence-electron chi connectivity index (χ3n) is 4.33. The molecule has 3 rings (SSSR count). The molecule has 0 aromatic heterocycles. The van der Waals surface area contributed by atoms with E-state index in [9.17, 15) is 28.6 Å². The molecule has 1 atom stereocenters. The van der Waals surface area contributed by atoms with E-state index in [1.807, 2.05) is 20.8 Å². The largest absolute Gasteiger partial charge is 0.464 e. The fourth-order valence-electron chi connectivity index (χ4n) is 2.93. The number of fused-ring (bicyclic) bond motifs is 1. The molecule has 12 nitrogen and oxygen atoms in total. The van der Waals surface area contributed by atoms with Gasteiger partial charge in [-0.3, -0.25) is 0 Å². The quantitative estimate of drug-likeness (QED) is 0.336. The number of para-hydroxylation sites is 1. The molecule has 32 heavy (non-hydrogen) atoms. The maximum Gasteiger partial charge on any atom is 0.306 e. The normalized spacial score (nSPS) is 16.1. The molecule has 2 aromatic rings. The summed E-state index contributed by atoms with van der Waals surface area (Å²) in [6.45, 7) is 6.43. The SMILES string of the molecule is CCOC1Oc2ccc(OS(C)(=O)=O)cc2C1(C)C.O=[N+]([O-])N(c1ccccc1)[N+](=O)[O-]. The molecule has 1 unspecified atom stereocenters. The van der Waals surface area contributed by atoms with Crippen LogP contribution in [0.3, 0.4) is 0 Å². The Morgan fingerprint density at radius 1 is 1.09 bits per heavy atom. The Kier molecular flexibility index (Phi) is 7.59. The van der Waals surface area contributed by atoms with Crippen LogP contribution in [0.4, 0.5) is 5.69 Å². The Bertz CT molecular complexity index is 1060. The van der Waals surface area contributed by atoms with Crippen molar-refractivity contribution >= 4 is 15.8 Å². The third kappa shape index (κ3) is 6.04. The first kappa shape index (κ1) is 24.8. The summed E-state index contributed by atoms with van der Waals surface area (Å²) >= 11 is 0. The molecule has 0 saturated heterocycles. The minimum Gasteiger partial charge on any atom is -0.464 e. The highest BCUT2D eigenvalue weighted by atomic mass is 32.2. The maximum absolute atomic E-state index is 11.2. The molecular weight excluding hydrogens is 446 g/mol. The second kappa shape index (κ2) is 9.78. The van der Waals surface area contributed by atoms with Crippen molar-refractivity contribution in [3.05, 3.63) is 74.3 Å². The van der Waals surface area contributed by atoms with Crippen LogP contribution in [-0.4, -0.2) is 37.6 Å². The highest BCUT2D eigenvalue weighted by molar-refractivity contribution is 7.86. The van der Waals surface area contributed by atoms with Gasteiger partial charge in [0, 0.05) is 12.2 Å². The summed E-state index contributed by atoms with van der Waals surface area (Å²) in [6, 6.07) is 12.1. The topological polar surface area (TPSA) is 151 Å². The Hall–Kier alpha value is -3.45. The van der Waals surface area contributed by atoms with Crippen molar-refractivity contribution in [2.45, 2.75) is 32.5 Å². The molecule has 0 radical (unpaired) electrons. The Labute approximate surface area is 184 Å². The summed E-state index contributed by atoms with van der Waals surface area (Å²) in [5.74, 6) is 0.986. The van der Waals surface area contributed by atoms with Gasteiger partial charge in [0.05, 0.1) is 11.7 Å². The molecule has 13 heteroatoms. The van der Waals surface area contributed by atoms with Crippen LogP contribution in [0.2, 0.25) is 0 Å². The van der Waals surface area contributed by atoms with Crippen LogP contribution >= 0.6 is 0 Å². The zero-order valence-electron chi connectivity index (χ0n) is 17.8. The zero-order chi connectivity index (χ0) is 24.1. The van der Waals surface area contributed by atoms with Crippen molar-refractivity contribution in [3.8, 4) is 11.5 Å². The number of hydrazine groups is 2. The molecule has 0 aliphatic carbocycles. The van der Waals surface area contributed by atoms with Gasteiger partial charge in [-0.2, -0.15) is 8.42 Å². The lowest BCUT2D eigenvalue weighted by molar-refractivity contribution is -0.711. The van der Waals surface area contributed by atoms with Crippen molar-refractivity contribution in [1.82, 2.24) is 0 Å². The summed E-state index contributed by atoms with van der Waals surface area (Å²) < 4.78 is 38.5. The van der Waals surface area contributed by atoms with E-state index < -0.39 is 20.2 Å². The van der Waals surface area contributed by atoms with Crippen molar-refractivity contribution in [2.75, 3.05) is 18.0 Å². The Balaban J connectivity index is 0.000000244. The van der Waals surface area contributed by atoms with E-state index in [-0.39, 0.29) is 28.3 Å². The molecule has 0 fully saturated rings. The van der Waals surface area contributed by atoms with Gasteiger partial charge in [0.1, 0.15) is 11.5 Å². The van der Waals surface area contributed by atoms with Gasteiger partial charge in [-0.05, 0) is 51.1 Å². The van der Waals surface area contributed by atoms with Crippen molar-refractivity contribution in [3.63, 3.8) is 0 Å². The molecule has 0 amide bonds. The van der Waals surface area contributed by atoms with Gasteiger partial charge in [-0.25, -0.2) is 20.2 Å². The lowest BCUT2D eigenvalue weighted by atomic mass is 9.85. The minimum absolute atomic E-state index is 0.0856. The van der Waals surface area contributed by atoms with Crippen LogP contribution < -0.4 is 14.0 Å². The molecule has 1 aliphatic heterocycles. The summed E-state index contributed by atoms with van der Waals surface area (Å²) in [5, 5.41) is 18.1. The van der Waals surface area contributed by atoms with E-state index in [0.717, 1.165) is 11.8 Å². The van der Waals surface area contributed by atoms with Crippen LogP contribution in [0.1, 0.15) is 26.3 Å². The summed E-state index contributed by atoms with van der Waals surface area (Å²) in [4.78, 5) is 20.5. The summed E-state index contributed by atoms with van der Waals surface area (Å²) in [5.41, 5.74) is 0.437. The van der Waals surface area contributed by atoms with E-state index >= 15 is 0 Å². The number of nitro groups is 2. The molecule has 2 aromatic carbocycles. The first-order chi connectivity index (χ1) is 14.9. The average Bonchev–Trinajstić information content (AvgIpc) is 2.92. The third-order valence-corrected chi connectivity index (χ3v) is 4.83. The van der Waals surface area contributed by atoms with E-state index in [0.29, 0.717) is 12.4 Å². The highest BCUT2D eigenvalue weighted by Crippen LogP contribution is 2.44. The lowest BCUT2D eigenvalue weighted by Crippen LogP contribution is -2.35. The fraction of sp³-hybridized carbons (Fsp3) is 0.368. The number of hydrogen-bond donors (Lipinski definition) is 0. The number of ether oxygens (including phenoxy) is 2. The number of nitrogens with zero attached hydrogens (tertiary/aromatic N) is 3. The molecule has 1 heterocycles. The monoisotopic (exact) mass is 469 g/mol. The van der Waals surface area contributed by atoms with Gasteiger partial charge < -0.3 is 13.7 Å². The van der Waals surface area contributed by atoms with E-state index in [1.54, 1.807) is 24.3 Å². The highest BCUT2D eigenvalue weighted by Gasteiger charge is 2.42. The molecule has 174 valence electrons. The van der Waals surface area contributed by atoms with Crippen LogP contribution in [0.5, 0.6) is 11.5 Å². The van der Waals surface area contributed by atoms with Crippen LogP contribution in [-0.2, 0) is 20.3 Å². The van der Waals surface area contributed by atoms with Crippen molar-refractivity contribution < 1.29 is 32.1 Å². The first-order valence-corrected chi connectivity index (χ1v) is 11.1. The second-order valence-electron chi connectivity index (χ2n) is 7.17. The molecule has 0 spiro atoms. The molecule has 0 N–H and O–H groups in total. The number of benzene rings is 2. The predicted molar refractivity (Wildman–Crippen MR) is 114 cm³/mol. The molecule has 1 aliphatic rings.